The van der Waals surface area contributed by atoms with Gasteiger partial charge in [0.05, 0.1) is 11.2 Å². The quantitative estimate of drug-likeness (QED) is 0.847. The summed E-state index contributed by atoms with van der Waals surface area (Å²) in [7, 11) is 0. The maximum absolute atomic E-state index is 13.5. The Bertz CT molecular complexity index is 685. The summed E-state index contributed by atoms with van der Waals surface area (Å²) in [4.78, 5) is 12.1. The van der Waals surface area contributed by atoms with E-state index in [0.29, 0.717) is 0 Å². The summed E-state index contributed by atoms with van der Waals surface area (Å²) in [5, 5.41) is 5.50. The highest BCUT2D eigenvalue weighted by atomic mass is 79.9. The van der Waals surface area contributed by atoms with Crippen LogP contribution in [0.3, 0.4) is 0 Å². The molecular formula is C16H14BrFN2O. The number of anilines is 1. The maximum atomic E-state index is 13.5. The monoisotopic (exact) mass is 348 g/mol. The second-order valence-corrected chi connectivity index (χ2v) is 6.07. The molecule has 2 aromatic rings. The summed E-state index contributed by atoms with van der Waals surface area (Å²) >= 11 is 3.43. The van der Waals surface area contributed by atoms with Gasteiger partial charge in [-0.15, -0.1) is 0 Å². The number of urea groups is 1. The summed E-state index contributed by atoms with van der Waals surface area (Å²) < 4.78 is 14.5. The molecule has 0 spiro atoms. The van der Waals surface area contributed by atoms with Gasteiger partial charge in [0.1, 0.15) is 5.82 Å². The normalized spacial score (nSPS) is 15.3. The van der Waals surface area contributed by atoms with Crippen molar-refractivity contribution in [2.75, 3.05) is 5.32 Å². The zero-order valence-electron chi connectivity index (χ0n) is 11.2. The smallest absolute Gasteiger partial charge is 0.320 e. The molecule has 21 heavy (non-hydrogen) atoms. The number of rotatable bonds is 3. The molecular weight excluding hydrogens is 335 g/mol. The molecule has 3 nitrogen and oxygen atoms in total. The summed E-state index contributed by atoms with van der Waals surface area (Å²) in [5.74, 6) is -0.444. The fraction of sp³-hybridized carbons (Fsp3) is 0.188. The van der Waals surface area contributed by atoms with Crippen molar-refractivity contribution in [2.45, 2.75) is 18.4 Å². The summed E-state index contributed by atoms with van der Waals surface area (Å²) in [6.07, 6.45) is 1.77. The second-order valence-electron chi connectivity index (χ2n) is 5.15. The molecule has 2 aromatic carbocycles. The van der Waals surface area contributed by atoms with Crippen LogP contribution in [0.15, 0.2) is 53.0 Å². The maximum Gasteiger partial charge on any atom is 0.320 e. The molecule has 1 aliphatic carbocycles. The lowest BCUT2D eigenvalue weighted by molar-refractivity contribution is 0.247. The van der Waals surface area contributed by atoms with Crippen LogP contribution in [0.4, 0.5) is 14.9 Å². The Morgan fingerprint density at radius 3 is 2.57 bits per heavy atom. The molecule has 0 unspecified atom stereocenters. The molecule has 5 heteroatoms. The molecule has 0 aliphatic heterocycles. The van der Waals surface area contributed by atoms with Gasteiger partial charge in [-0.1, -0.05) is 40.2 Å². The lowest BCUT2D eigenvalue weighted by Crippen LogP contribution is -2.38. The van der Waals surface area contributed by atoms with Gasteiger partial charge in [-0.3, -0.25) is 0 Å². The fourth-order valence-electron chi connectivity index (χ4n) is 2.33. The Hall–Kier alpha value is -1.88. The van der Waals surface area contributed by atoms with Gasteiger partial charge in [0.2, 0.25) is 0 Å². The minimum atomic E-state index is -0.444. The third-order valence-electron chi connectivity index (χ3n) is 3.60. The standard InChI is InChI=1S/C16H14BrFN2O/c17-12-5-3-4-11(10-12)16(8-9-16)20-15(21)19-14-7-2-1-6-13(14)18/h1-7,10H,8-9H2,(H2,19,20,21). The molecule has 0 aromatic heterocycles. The number of para-hydroxylation sites is 1. The first-order valence-corrected chi connectivity index (χ1v) is 7.48. The third-order valence-corrected chi connectivity index (χ3v) is 4.10. The van der Waals surface area contributed by atoms with Crippen molar-refractivity contribution >= 4 is 27.6 Å². The number of hydrogen-bond donors (Lipinski definition) is 2. The van der Waals surface area contributed by atoms with Crippen LogP contribution in [0.2, 0.25) is 0 Å². The van der Waals surface area contributed by atoms with Crippen LogP contribution in [0.25, 0.3) is 0 Å². The van der Waals surface area contributed by atoms with E-state index in [0.717, 1.165) is 22.9 Å². The summed E-state index contributed by atoms with van der Waals surface area (Å²) in [6, 6.07) is 13.6. The first kappa shape index (κ1) is 14.1. The Morgan fingerprint density at radius 2 is 1.90 bits per heavy atom. The number of hydrogen-bond acceptors (Lipinski definition) is 1. The molecule has 3 rings (SSSR count). The van der Waals surface area contributed by atoms with Gasteiger partial charge in [-0.05, 0) is 42.7 Å². The number of nitrogens with one attached hydrogen (secondary N) is 2. The topological polar surface area (TPSA) is 41.1 Å². The van der Waals surface area contributed by atoms with Gasteiger partial charge in [-0.2, -0.15) is 0 Å². The molecule has 0 atom stereocenters. The highest BCUT2D eigenvalue weighted by Gasteiger charge is 2.45. The van der Waals surface area contributed by atoms with E-state index >= 15 is 0 Å². The molecule has 0 heterocycles. The average molecular weight is 349 g/mol. The van der Waals surface area contributed by atoms with E-state index in [2.05, 4.69) is 26.6 Å². The van der Waals surface area contributed by atoms with E-state index in [9.17, 15) is 9.18 Å². The molecule has 1 fully saturated rings. The minimum absolute atomic E-state index is 0.181. The van der Waals surface area contributed by atoms with Crippen molar-refractivity contribution in [1.82, 2.24) is 5.32 Å². The zero-order chi connectivity index (χ0) is 14.9. The Balaban J connectivity index is 1.72. The SMILES string of the molecule is O=C(Nc1ccccc1F)NC1(c2cccc(Br)c2)CC1. The van der Waals surface area contributed by atoms with Crippen molar-refractivity contribution < 1.29 is 9.18 Å². The van der Waals surface area contributed by atoms with E-state index in [4.69, 9.17) is 0 Å². The first-order valence-electron chi connectivity index (χ1n) is 6.69. The summed E-state index contributed by atoms with van der Waals surface area (Å²) in [5.41, 5.74) is 0.902. The Labute approximate surface area is 130 Å². The van der Waals surface area contributed by atoms with Gasteiger partial charge in [-0.25, -0.2) is 9.18 Å². The number of benzene rings is 2. The fourth-order valence-corrected chi connectivity index (χ4v) is 2.73. The molecule has 2 amide bonds. The molecule has 1 aliphatic rings. The molecule has 0 saturated heterocycles. The Morgan fingerprint density at radius 1 is 1.14 bits per heavy atom. The van der Waals surface area contributed by atoms with Crippen molar-refractivity contribution in [1.29, 1.82) is 0 Å². The summed E-state index contributed by atoms with van der Waals surface area (Å²) in [6.45, 7) is 0. The second kappa shape index (κ2) is 5.48. The molecule has 108 valence electrons. The van der Waals surface area contributed by atoms with Gasteiger partial charge in [0.25, 0.3) is 0 Å². The molecule has 1 saturated carbocycles. The molecule has 0 radical (unpaired) electrons. The van der Waals surface area contributed by atoms with Crippen LogP contribution in [0, 0.1) is 5.82 Å². The van der Waals surface area contributed by atoms with Crippen molar-refractivity contribution in [3.63, 3.8) is 0 Å². The molecule has 0 bridgehead atoms. The number of halogens is 2. The lowest BCUT2D eigenvalue weighted by atomic mass is 10.1. The van der Waals surface area contributed by atoms with E-state index in [1.807, 2.05) is 24.3 Å². The number of amides is 2. The van der Waals surface area contributed by atoms with Crippen molar-refractivity contribution in [3.05, 3.63) is 64.4 Å². The van der Waals surface area contributed by atoms with Gasteiger partial charge in [0.15, 0.2) is 0 Å². The minimum Gasteiger partial charge on any atom is -0.328 e. The van der Waals surface area contributed by atoms with Gasteiger partial charge >= 0.3 is 6.03 Å². The predicted octanol–water partition coefficient (Wildman–Crippen LogP) is 4.40. The Kier molecular flexibility index (Phi) is 3.68. The largest absolute Gasteiger partial charge is 0.328 e. The van der Waals surface area contributed by atoms with Crippen LogP contribution < -0.4 is 10.6 Å². The van der Waals surface area contributed by atoms with Crippen LogP contribution in [-0.2, 0) is 5.54 Å². The van der Waals surface area contributed by atoms with E-state index < -0.39 is 11.8 Å². The first-order chi connectivity index (χ1) is 10.1. The highest BCUT2D eigenvalue weighted by Crippen LogP contribution is 2.46. The van der Waals surface area contributed by atoms with Crippen LogP contribution in [-0.4, -0.2) is 6.03 Å². The van der Waals surface area contributed by atoms with E-state index in [-0.39, 0.29) is 11.2 Å². The van der Waals surface area contributed by atoms with E-state index in [1.54, 1.807) is 12.1 Å². The van der Waals surface area contributed by atoms with Crippen LogP contribution >= 0.6 is 15.9 Å². The van der Waals surface area contributed by atoms with Crippen LogP contribution in [0.1, 0.15) is 18.4 Å². The van der Waals surface area contributed by atoms with Crippen molar-refractivity contribution in [2.24, 2.45) is 0 Å². The zero-order valence-corrected chi connectivity index (χ0v) is 12.8. The third kappa shape index (κ3) is 3.08. The predicted molar refractivity (Wildman–Crippen MR) is 83.6 cm³/mol. The van der Waals surface area contributed by atoms with Gasteiger partial charge < -0.3 is 10.6 Å². The highest BCUT2D eigenvalue weighted by molar-refractivity contribution is 9.10. The van der Waals surface area contributed by atoms with Crippen LogP contribution in [0.5, 0.6) is 0 Å². The number of carbonyl (C=O) groups excluding carboxylic acids is 1. The van der Waals surface area contributed by atoms with E-state index in [1.165, 1.54) is 12.1 Å². The molecule has 2 N–H and O–H groups in total. The van der Waals surface area contributed by atoms with Gasteiger partial charge in [0, 0.05) is 4.47 Å². The average Bonchev–Trinajstić information content (AvgIpc) is 3.22. The lowest BCUT2D eigenvalue weighted by Gasteiger charge is -2.19. The number of carbonyl (C=O) groups is 1. The van der Waals surface area contributed by atoms with Crippen molar-refractivity contribution in [3.8, 4) is 0 Å².